The molecule has 2 fully saturated rings. The van der Waals surface area contributed by atoms with E-state index in [2.05, 4.69) is 10.6 Å². The summed E-state index contributed by atoms with van der Waals surface area (Å²) in [5.74, 6) is -0.899. The summed E-state index contributed by atoms with van der Waals surface area (Å²) < 4.78 is 42.9. The second-order valence-electron chi connectivity index (χ2n) is 7.80. The van der Waals surface area contributed by atoms with Gasteiger partial charge in [0.25, 0.3) is 5.91 Å². The smallest absolute Gasteiger partial charge is 0.416 e. The molecule has 1 aromatic carbocycles. The molecule has 1 saturated carbocycles. The second kappa shape index (κ2) is 8.74. The van der Waals surface area contributed by atoms with Crippen molar-refractivity contribution in [2.75, 3.05) is 13.2 Å². The van der Waals surface area contributed by atoms with Crippen LogP contribution in [0.15, 0.2) is 24.3 Å². The normalized spacial score (nSPS) is 20.0. The molecule has 8 nitrogen and oxygen atoms in total. The van der Waals surface area contributed by atoms with Crippen LogP contribution in [0.4, 0.5) is 18.0 Å². The number of nitrogens with zero attached hydrogens (tertiary/aromatic N) is 1. The molecule has 1 aromatic rings. The van der Waals surface area contributed by atoms with Crippen LogP contribution in [0.25, 0.3) is 0 Å². The summed E-state index contributed by atoms with van der Waals surface area (Å²) in [7, 11) is 0. The van der Waals surface area contributed by atoms with Crippen LogP contribution in [0.5, 0.6) is 5.75 Å². The zero-order chi connectivity index (χ0) is 22.8. The predicted molar refractivity (Wildman–Crippen MR) is 102 cm³/mol. The molecule has 1 heterocycles. The maximum atomic E-state index is 12.7. The number of alkyl halides is 3. The maximum Gasteiger partial charge on any atom is 0.416 e. The van der Waals surface area contributed by atoms with Gasteiger partial charge in [0.1, 0.15) is 30.0 Å². The number of rotatable bonds is 7. The summed E-state index contributed by atoms with van der Waals surface area (Å²) >= 11 is 0. The highest BCUT2D eigenvalue weighted by molar-refractivity contribution is 6.09. The molecule has 31 heavy (non-hydrogen) atoms. The van der Waals surface area contributed by atoms with E-state index in [1.165, 1.54) is 6.92 Å². The lowest BCUT2D eigenvalue weighted by Gasteiger charge is -2.24. The van der Waals surface area contributed by atoms with Crippen molar-refractivity contribution in [3.05, 3.63) is 29.8 Å². The number of aliphatic hydroxyl groups excluding tert-OH is 1. The molecular weight excluding hydrogens is 419 g/mol. The van der Waals surface area contributed by atoms with Crippen LogP contribution in [0.3, 0.4) is 0 Å². The van der Waals surface area contributed by atoms with Gasteiger partial charge in [-0.15, -0.1) is 0 Å². The van der Waals surface area contributed by atoms with Crippen molar-refractivity contribution in [3.63, 3.8) is 0 Å². The molecule has 4 amide bonds. The molecule has 0 aromatic heterocycles. The first-order chi connectivity index (χ1) is 14.5. The Balaban J connectivity index is 1.46. The summed E-state index contributed by atoms with van der Waals surface area (Å²) in [6.07, 6.45) is -2.87. The first-order valence-electron chi connectivity index (χ1n) is 9.95. The van der Waals surface area contributed by atoms with Gasteiger partial charge in [0.2, 0.25) is 5.91 Å². The van der Waals surface area contributed by atoms with Crippen molar-refractivity contribution in [3.8, 4) is 5.75 Å². The van der Waals surface area contributed by atoms with E-state index in [1.54, 1.807) is 0 Å². The van der Waals surface area contributed by atoms with Gasteiger partial charge in [-0.2, -0.15) is 13.2 Å². The van der Waals surface area contributed by atoms with E-state index in [4.69, 9.17) is 4.74 Å². The average molecular weight is 443 g/mol. The Hall–Kier alpha value is -2.82. The number of imide groups is 1. The predicted octanol–water partition coefficient (Wildman–Crippen LogP) is 1.81. The number of hydrogen-bond acceptors (Lipinski definition) is 5. The maximum absolute atomic E-state index is 12.7. The standard InChI is InChI=1S/C20H24F3N3O5/c1-12(26-17(29)19(25-18(26)30)8-2-3-9-19)16(28)24-10-14(27)11-31-15-6-4-13(5-7-15)20(21,22)23/h4-7,12,14,27H,2-3,8-11H2,1H3,(H,24,28)(H,25,30). The van der Waals surface area contributed by atoms with Crippen LogP contribution in [-0.2, 0) is 15.8 Å². The highest BCUT2D eigenvalue weighted by atomic mass is 19.4. The SMILES string of the molecule is CC(C(=O)NCC(O)COc1ccc(C(F)(F)F)cc1)N1C(=O)NC2(CCCC2)C1=O. The van der Waals surface area contributed by atoms with Crippen LogP contribution >= 0.6 is 0 Å². The minimum atomic E-state index is -4.45. The van der Waals surface area contributed by atoms with Crippen molar-refractivity contribution in [1.82, 2.24) is 15.5 Å². The second-order valence-corrected chi connectivity index (χ2v) is 7.80. The van der Waals surface area contributed by atoms with Gasteiger partial charge in [0, 0.05) is 6.54 Å². The highest BCUT2D eigenvalue weighted by Gasteiger charge is 2.54. The van der Waals surface area contributed by atoms with E-state index < -0.39 is 47.3 Å². The summed E-state index contributed by atoms with van der Waals surface area (Å²) in [6, 6.07) is 2.32. The topological polar surface area (TPSA) is 108 Å². The van der Waals surface area contributed by atoms with Crippen molar-refractivity contribution >= 4 is 17.8 Å². The van der Waals surface area contributed by atoms with E-state index >= 15 is 0 Å². The minimum Gasteiger partial charge on any atom is -0.491 e. The number of amides is 4. The molecule has 1 spiro atoms. The molecule has 3 N–H and O–H groups in total. The number of ether oxygens (including phenoxy) is 1. The van der Waals surface area contributed by atoms with Crippen LogP contribution in [0, 0.1) is 0 Å². The van der Waals surface area contributed by atoms with Gasteiger partial charge in [0.15, 0.2) is 0 Å². The van der Waals surface area contributed by atoms with Crippen LogP contribution in [-0.4, -0.2) is 58.7 Å². The van der Waals surface area contributed by atoms with Gasteiger partial charge in [-0.3, -0.25) is 9.59 Å². The van der Waals surface area contributed by atoms with E-state index in [9.17, 15) is 32.7 Å². The van der Waals surface area contributed by atoms with Crippen molar-refractivity contribution in [1.29, 1.82) is 0 Å². The molecular formula is C20H24F3N3O5. The first-order valence-corrected chi connectivity index (χ1v) is 9.95. The Labute approximate surface area is 176 Å². The van der Waals surface area contributed by atoms with Crippen molar-refractivity contribution < 1.29 is 37.4 Å². The average Bonchev–Trinajstić information content (AvgIpc) is 3.28. The van der Waals surface area contributed by atoms with E-state index in [0.717, 1.165) is 42.0 Å². The molecule has 11 heteroatoms. The summed E-state index contributed by atoms with van der Waals surface area (Å²) in [5, 5.41) is 15.1. The monoisotopic (exact) mass is 443 g/mol. The fraction of sp³-hybridized carbons (Fsp3) is 0.550. The Morgan fingerprint density at radius 1 is 1.26 bits per heavy atom. The van der Waals surface area contributed by atoms with Gasteiger partial charge in [-0.25, -0.2) is 9.69 Å². The van der Waals surface area contributed by atoms with Crippen molar-refractivity contribution in [2.45, 2.75) is 56.5 Å². The van der Waals surface area contributed by atoms with Crippen LogP contribution in [0.1, 0.15) is 38.2 Å². The number of carbonyl (C=O) groups excluding carboxylic acids is 3. The fourth-order valence-electron chi connectivity index (χ4n) is 3.79. The lowest BCUT2D eigenvalue weighted by Crippen LogP contribution is -2.51. The van der Waals surface area contributed by atoms with Crippen LogP contribution in [0.2, 0.25) is 0 Å². The number of hydrogen-bond donors (Lipinski definition) is 3. The third-order valence-electron chi connectivity index (χ3n) is 5.55. The van der Waals surface area contributed by atoms with Gasteiger partial charge < -0.3 is 20.5 Å². The van der Waals surface area contributed by atoms with E-state index in [1.807, 2.05) is 0 Å². The Kier molecular flexibility index (Phi) is 6.44. The number of urea groups is 1. The third-order valence-corrected chi connectivity index (χ3v) is 5.55. The van der Waals surface area contributed by atoms with Crippen LogP contribution < -0.4 is 15.4 Å². The Morgan fingerprint density at radius 3 is 2.45 bits per heavy atom. The van der Waals surface area contributed by atoms with Crippen molar-refractivity contribution in [2.24, 2.45) is 0 Å². The molecule has 2 atom stereocenters. The Morgan fingerprint density at radius 2 is 1.87 bits per heavy atom. The number of aliphatic hydroxyl groups is 1. The van der Waals surface area contributed by atoms with Gasteiger partial charge >= 0.3 is 12.2 Å². The molecule has 3 rings (SSSR count). The summed E-state index contributed by atoms with van der Waals surface area (Å²) in [5.41, 5.74) is -1.73. The molecule has 0 radical (unpaired) electrons. The molecule has 1 aliphatic carbocycles. The summed E-state index contributed by atoms with van der Waals surface area (Å²) in [4.78, 5) is 38.2. The van der Waals surface area contributed by atoms with Gasteiger partial charge in [-0.05, 0) is 44.0 Å². The van der Waals surface area contributed by atoms with Gasteiger partial charge in [-0.1, -0.05) is 12.8 Å². The zero-order valence-electron chi connectivity index (χ0n) is 16.9. The lowest BCUT2D eigenvalue weighted by atomic mass is 9.97. The molecule has 1 aliphatic heterocycles. The van der Waals surface area contributed by atoms with E-state index in [-0.39, 0.29) is 18.9 Å². The minimum absolute atomic E-state index is 0.132. The first kappa shape index (κ1) is 22.9. The van der Waals surface area contributed by atoms with E-state index in [0.29, 0.717) is 12.8 Å². The number of carbonyl (C=O) groups is 3. The molecule has 2 aliphatic rings. The quantitative estimate of drug-likeness (QED) is 0.557. The number of nitrogens with one attached hydrogen (secondary N) is 2. The summed E-state index contributed by atoms with van der Waals surface area (Å²) in [6.45, 7) is 0.927. The molecule has 170 valence electrons. The number of benzene rings is 1. The number of halogens is 3. The molecule has 2 unspecified atom stereocenters. The molecule has 0 bridgehead atoms. The fourth-order valence-corrected chi connectivity index (χ4v) is 3.79. The Bertz CT molecular complexity index is 837. The third kappa shape index (κ3) is 4.92. The largest absolute Gasteiger partial charge is 0.491 e. The highest BCUT2D eigenvalue weighted by Crippen LogP contribution is 2.35. The lowest BCUT2D eigenvalue weighted by molar-refractivity contribution is -0.138. The molecule has 1 saturated heterocycles. The van der Waals surface area contributed by atoms with Gasteiger partial charge in [0.05, 0.1) is 5.56 Å². The zero-order valence-corrected chi connectivity index (χ0v) is 16.9.